The number of carbonyl (C=O) groups excluding carboxylic acids is 1. The van der Waals surface area contributed by atoms with Crippen molar-refractivity contribution >= 4 is 28.5 Å². The third-order valence-electron chi connectivity index (χ3n) is 3.83. The van der Waals surface area contributed by atoms with Gasteiger partial charge in [0.15, 0.2) is 11.5 Å². The molecule has 1 heterocycles. The molecule has 0 bridgehead atoms. The molecular weight excluding hydrogens is 354 g/mol. The number of nitro groups is 1. The van der Waals surface area contributed by atoms with Crippen LogP contribution in [0.25, 0.3) is 17.0 Å². The number of benzene rings is 2. The first kappa shape index (κ1) is 17.9. The Morgan fingerprint density at radius 3 is 2.70 bits per heavy atom. The topological polar surface area (TPSA) is 120 Å². The van der Waals surface area contributed by atoms with E-state index in [0.717, 1.165) is 12.1 Å². The minimum atomic E-state index is -0.780. The maximum absolute atomic E-state index is 12.4. The molecule has 0 aliphatic rings. The van der Waals surface area contributed by atoms with Crippen molar-refractivity contribution in [2.45, 2.75) is 0 Å². The first-order chi connectivity index (χ1) is 12.9. The maximum Gasteiger partial charge on any atom is 0.347 e. The number of hydrogen-bond acceptors (Lipinski definition) is 7. The van der Waals surface area contributed by atoms with E-state index < -0.39 is 27.8 Å². The first-order valence-electron chi connectivity index (χ1n) is 7.71. The summed E-state index contributed by atoms with van der Waals surface area (Å²) in [4.78, 5) is 34.6. The van der Waals surface area contributed by atoms with Crippen molar-refractivity contribution in [3.63, 3.8) is 0 Å². The van der Waals surface area contributed by atoms with E-state index in [-0.39, 0.29) is 16.9 Å². The van der Waals surface area contributed by atoms with Gasteiger partial charge in [0.05, 0.1) is 12.0 Å². The molecule has 8 nitrogen and oxygen atoms in total. The van der Waals surface area contributed by atoms with Crippen molar-refractivity contribution in [1.29, 1.82) is 0 Å². The summed E-state index contributed by atoms with van der Waals surface area (Å²) in [5, 5.41) is 21.4. The van der Waals surface area contributed by atoms with Crippen molar-refractivity contribution in [3.8, 4) is 11.5 Å². The van der Waals surface area contributed by atoms with Gasteiger partial charge in [-0.3, -0.25) is 14.9 Å². The fourth-order valence-electron chi connectivity index (χ4n) is 2.50. The largest absolute Gasteiger partial charge is 0.500 e. The Labute approximate surface area is 152 Å². The SMILES string of the molecule is COc1cc(C=CC(=O)c2cc3ccccc3oc2=O)cc([N+](=O)[O-])c1O. The van der Waals surface area contributed by atoms with Gasteiger partial charge in [-0.25, -0.2) is 4.79 Å². The number of nitrogens with zero attached hydrogens (tertiary/aromatic N) is 1. The van der Waals surface area contributed by atoms with Gasteiger partial charge in [0.25, 0.3) is 0 Å². The molecule has 0 saturated carbocycles. The fourth-order valence-corrected chi connectivity index (χ4v) is 2.50. The number of phenols is 1. The summed E-state index contributed by atoms with van der Waals surface area (Å²) in [7, 11) is 1.25. The van der Waals surface area contributed by atoms with Gasteiger partial charge in [-0.15, -0.1) is 0 Å². The number of aromatic hydroxyl groups is 1. The summed E-state index contributed by atoms with van der Waals surface area (Å²) in [5.74, 6) is -1.34. The Balaban J connectivity index is 1.98. The van der Waals surface area contributed by atoms with Crippen LogP contribution in [0.1, 0.15) is 15.9 Å². The highest BCUT2D eigenvalue weighted by Gasteiger charge is 2.19. The van der Waals surface area contributed by atoms with Crippen molar-refractivity contribution in [1.82, 2.24) is 0 Å². The molecule has 0 fully saturated rings. The maximum atomic E-state index is 12.4. The van der Waals surface area contributed by atoms with E-state index in [1.165, 1.54) is 25.3 Å². The fraction of sp³-hybridized carbons (Fsp3) is 0.0526. The number of allylic oxidation sites excluding steroid dienone is 1. The molecule has 0 atom stereocenters. The van der Waals surface area contributed by atoms with E-state index in [2.05, 4.69) is 0 Å². The monoisotopic (exact) mass is 367 g/mol. The highest BCUT2D eigenvalue weighted by Crippen LogP contribution is 2.37. The van der Waals surface area contributed by atoms with E-state index >= 15 is 0 Å². The average molecular weight is 367 g/mol. The predicted octanol–water partition coefficient (Wildman–Crippen LogP) is 3.31. The molecular formula is C19H13NO7. The number of fused-ring (bicyclic) bond motifs is 1. The van der Waals surface area contributed by atoms with E-state index in [1.807, 2.05) is 0 Å². The Morgan fingerprint density at radius 1 is 1.26 bits per heavy atom. The summed E-state index contributed by atoms with van der Waals surface area (Å²) >= 11 is 0. The highest BCUT2D eigenvalue weighted by molar-refractivity contribution is 6.07. The van der Waals surface area contributed by atoms with Gasteiger partial charge in [-0.1, -0.05) is 24.3 Å². The summed E-state index contributed by atoms with van der Waals surface area (Å²) in [6, 6.07) is 10.6. The number of para-hydroxylation sites is 1. The summed E-state index contributed by atoms with van der Waals surface area (Å²) < 4.78 is 10.0. The number of ether oxygens (including phenoxy) is 1. The van der Waals surface area contributed by atoms with Crippen LogP contribution in [0.2, 0.25) is 0 Å². The zero-order valence-corrected chi connectivity index (χ0v) is 14.0. The Kier molecular flexibility index (Phi) is 4.71. The van der Waals surface area contributed by atoms with E-state index in [0.29, 0.717) is 11.0 Å². The number of methoxy groups -OCH3 is 1. The van der Waals surface area contributed by atoms with Crippen LogP contribution in [0, 0.1) is 10.1 Å². The molecule has 0 amide bonds. The van der Waals surface area contributed by atoms with Crippen molar-refractivity contribution in [3.05, 3.63) is 80.2 Å². The summed E-state index contributed by atoms with van der Waals surface area (Å²) in [5.41, 5.74) is -0.897. The first-order valence-corrected chi connectivity index (χ1v) is 7.71. The van der Waals surface area contributed by atoms with Crippen LogP contribution in [0.15, 0.2) is 57.8 Å². The molecule has 8 heteroatoms. The average Bonchev–Trinajstić information content (AvgIpc) is 2.66. The van der Waals surface area contributed by atoms with E-state index in [4.69, 9.17) is 9.15 Å². The number of rotatable bonds is 5. The van der Waals surface area contributed by atoms with Gasteiger partial charge < -0.3 is 14.3 Å². The minimum absolute atomic E-state index is 0.110. The Bertz CT molecular complexity index is 1140. The molecule has 2 aromatic carbocycles. The molecule has 0 spiro atoms. The third-order valence-corrected chi connectivity index (χ3v) is 3.83. The molecule has 0 aliphatic carbocycles. The second-order valence-corrected chi connectivity index (χ2v) is 5.53. The lowest BCUT2D eigenvalue weighted by atomic mass is 10.1. The molecule has 136 valence electrons. The van der Waals surface area contributed by atoms with Gasteiger partial charge in [0, 0.05) is 11.5 Å². The zero-order valence-electron chi connectivity index (χ0n) is 14.0. The van der Waals surface area contributed by atoms with Crippen LogP contribution in [0.5, 0.6) is 11.5 Å². The van der Waals surface area contributed by atoms with Crippen LogP contribution in [-0.4, -0.2) is 22.9 Å². The molecule has 0 aliphatic heterocycles. The van der Waals surface area contributed by atoms with Gasteiger partial charge in [-0.05, 0) is 29.8 Å². The number of carbonyl (C=O) groups is 1. The van der Waals surface area contributed by atoms with Crippen molar-refractivity contribution in [2.24, 2.45) is 0 Å². The van der Waals surface area contributed by atoms with Gasteiger partial charge >= 0.3 is 11.3 Å². The number of phenolic OH excluding ortho intramolecular Hbond substituents is 1. The molecule has 0 radical (unpaired) electrons. The molecule has 1 N–H and O–H groups in total. The summed E-state index contributed by atoms with van der Waals surface area (Å²) in [6.45, 7) is 0. The van der Waals surface area contributed by atoms with Crippen molar-refractivity contribution in [2.75, 3.05) is 7.11 Å². The van der Waals surface area contributed by atoms with Crippen LogP contribution in [-0.2, 0) is 0 Å². The smallest absolute Gasteiger partial charge is 0.347 e. The molecule has 1 aromatic heterocycles. The second kappa shape index (κ2) is 7.12. The molecule has 3 rings (SSSR count). The number of hydrogen-bond donors (Lipinski definition) is 1. The molecule has 0 saturated heterocycles. The van der Waals surface area contributed by atoms with Crippen LogP contribution >= 0.6 is 0 Å². The third kappa shape index (κ3) is 3.54. The lowest BCUT2D eigenvalue weighted by Gasteiger charge is -2.05. The highest BCUT2D eigenvalue weighted by atomic mass is 16.6. The lowest BCUT2D eigenvalue weighted by molar-refractivity contribution is -0.386. The zero-order chi connectivity index (χ0) is 19.6. The van der Waals surface area contributed by atoms with Gasteiger partial charge in [0.1, 0.15) is 11.1 Å². The van der Waals surface area contributed by atoms with Crippen LogP contribution < -0.4 is 10.4 Å². The second-order valence-electron chi connectivity index (χ2n) is 5.53. The Morgan fingerprint density at radius 2 is 2.00 bits per heavy atom. The van der Waals surface area contributed by atoms with Crippen LogP contribution in [0.3, 0.4) is 0 Å². The van der Waals surface area contributed by atoms with Crippen molar-refractivity contribution < 1.29 is 24.0 Å². The number of nitro benzene ring substituents is 1. The predicted molar refractivity (Wildman–Crippen MR) is 97.2 cm³/mol. The number of ketones is 1. The normalized spacial score (nSPS) is 11.0. The van der Waals surface area contributed by atoms with E-state index in [9.17, 15) is 24.8 Å². The Hall–Kier alpha value is -3.94. The van der Waals surface area contributed by atoms with Gasteiger partial charge in [0.2, 0.25) is 5.75 Å². The quantitative estimate of drug-likeness (QED) is 0.241. The van der Waals surface area contributed by atoms with E-state index in [1.54, 1.807) is 24.3 Å². The molecule has 27 heavy (non-hydrogen) atoms. The molecule has 3 aromatic rings. The standard InChI is InChI=1S/C19H13NO7/c1-26-17-9-11(8-14(18(17)22)20(24)25)6-7-15(21)13-10-12-4-2-3-5-16(12)27-19(13)23/h2-10,22H,1H3. The molecule has 0 unspecified atom stereocenters. The van der Waals surface area contributed by atoms with Crippen LogP contribution in [0.4, 0.5) is 5.69 Å². The van der Waals surface area contributed by atoms with Gasteiger partial charge in [-0.2, -0.15) is 0 Å². The lowest BCUT2D eigenvalue weighted by Crippen LogP contribution is -2.11. The summed E-state index contributed by atoms with van der Waals surface area (Å²) in [6.07, 6.45) is 2.38. The minimum Gasteiger partial charge on any atom is -0.500 e.